The summed E-state index contributed by atoms with van der Waals surface area (Å²) >= 11 is 3.72. The van der Waals surface area contributed by atoms with E-state index in [1.165, 1.54) is 38.6 Å². The summed E-state index contributed by atoms with van der Waals surface area (Å²) in [6, 6.07) is 0.949. The van der Waals surface area contributed by atoms with E-state index in [2.05, 4.69) is 20.8 Å². The third-order valence-corrected chi connectivity index (χ3v) is 3.47. The maximum absolute atomic E-state index is 3.72. The van der Waals surface area contributed by atoms with Crippen molar-refractivity contribution in [2.24, 2.45) is 0 Å². The lowest BCUT2D eigenvalue weighted by atomic mass is 10.1. The van der Waals surface area contributed by atoms with Crippen molar-refractivity contribution in [3.05, 3.63) is 0 Å². The Balaban J connectivity index is 1.90. The molecule has 0 amide bonds. The van der Waals surface area contributed by atoms with Crippen LogP contribution in [0.25, 0.3) is 0 Å². The van der Waals surface area contributed by atoms with Crippen LogP contribution in [0.15, 0.2) is 0 Å². The molecule has 58 valence electrons. The Hall–Kier alpha value is 0.440. The average molecular weight is 204 g/mol. The van der Waals surface area contributed by atoms with E-state index in [4.69, 9.17) is 0 Å². The van der Waals surface area contributed by atoms with Crippen molar-refractivity contribution in [2.75, 3.05) is 6.54 Å². The van der Waals surface area contributed by atoms with Gasteiger partial charge in [-0.25, -0.2) is 0 Å². The van der Waals surface area contributed by atoms with Gasteiger partial charge in [0.1, 0.15) is 0 Å². The lowest BCUT2D eigenvalue weighted by Crippen LogP contribution is -2.37. The molecule has 1 aliphatic carbocycles. The summed E-state index contributed by atoms with van der Waals surface area (Å²) in [6.45, 7) is 1.33. The normalized spacial score (nSPS) is 36.3. The number of halogens is 1. The minimum atomic E-state index is 0.703. The molecule has 1 heterocycles. The summed E-state index contributed by atoms with van der Waals surface area (Å²) in [5, 5.41) is 0. The van der Waals surface area contributed by atoms with E-state index < -0.39 is 0 Å². The Morgan fingerprint density at radius 3 is 2.50 bits per heavy atom. The van der Waals surface area contributed by atoms with Gasteiger partial charge in [0.25, 0.3) is 0 Å². The Morgan fingerprint density at radius 1 is 1.10 bits per heavy atom. The van der Waals surface area contributed by atoms with Gasteiger partial charge in [0.05, 0.1) is 4.95 Å². The summed E-state index contributed by atoms with van der Waals surface area (Å²) in [7, 11) is 0. The van der Waals surface area contributed by atoms with Crippen molar-refractivity contribution in [2.45, 2.75) is 43.1 Å². The summed E-state index contributed by atoms with van der Waals surface area (Å²) in [6.07, 6.45) is 7.08. The van der Waals surface area contributed by atoms with Crippen molar-refractivity contribution in [1.82, 2.24) is 4.90 Å². The lowest BCUT2D eigenvalue weighted by Gasteiger charge is -2.31. The van der Waals surface area contributed by atoms with Crippen molar-refractivity contribution in [3.63, 3.8) is 0 Å². The van der Waals surface area contributed by atoms with Gasteiger partial charge in [-0.1, -0.05) is 15.9 Å². The topological polar surface area (TPSA) is 3.24 Å². The lowest BCUT2D eigenvalue weighted by molar-refractivity contribution is 0.201. The number of hydrogen-bond acceptors (Lipinski definition) is 1. The number of alkyl halides is 1. The molecule has 2 heteroatoms. The van der Waals surface area contributed by atoms with E-state index in [1.54, 1.807) is 0 Å². The van der Waals surface area contributed by atoms with Gasteiger partial charge in [-0.15, -0.1) is 0 Å². The molecule has 2 fully saturated rings. The van der Waals surface area contributed by atoms with Gasteiger partial charge in [-0.2, -0.15) is 0 Å². The number of piperidine rings is 1. The van der Waals surface area contributed by atoms with Crippen LogP contribution >= 0.6 is 15.9 Å². The molecule has 1 atom stereocenters. The standard InChI is InChI=1S/C8H14BrN/c9-8-3-1-2-6-10(8)7-4-5-7/h7-8H,1-6H2. The molecule has 10 heavy (non-hydrogen) atoms. The maximum atomic E-state index is 3.72. The molecule has 1 saturated heterocycles. The predicted octanol–water partition coefficient (Wildman–Crippen LogP) is 2.36. The summed E-state index contributed by atoms with van der Waals surface area (Å²) < 4.78 is 0. The van der Waals surface area contributed by atoms with E-state index in [1.807, 2.05) is 0 Å². The fourth-order valence-electron chi connectivity index (χ4n) is 1.73. The Labute approximate surface area is 70.9 Å². The van der Waals surface area contributed by atoms with Gasteiger partial charge in [0, 0.05) is 6.04 Å². The van der Waals surface area contributed by atoms with Crippen molar-refractivity contribution >= 4 is 15.9 Å². The van der Waals surface area contributed by atoms with Gasteiger partial charge < -0.3 is 0 Å². The fourth-order valence-corrected chi connectivity index (χ4v) is 2.59. The van der Waals surface area contributed by atoms with Crippen LogP contribution in [-0.4, -0.2) is 22.4 Å². The highest BCUT2D eigenvalue weighted by atomic mass is 79.9. The third-order valence-electron chi connectivity index (χ3n) is 2.48. The highest BCUT2D eigenvalue weighted by molar-refractivity contribution is 9.09. The molecular weight excluding hydrogens is 190 g/mol. The number of hydrogen-bond donors (Lipinski definition) is 0. The molecule has 1 saturated carbocycles. The van der Waals surface area contributed by atoms with E-state index in [0.717, 1.165) is 6.04 Å². The van der Waals surface area contributed by atoms with Crippen LogP contribution in [0.3, 0.4) is 0 Å². The second-order valence-corrected chi connectivity index (χ2v) is 4.46. The molecule has 1 unspecified atom stereocenters. The monoisotopic (exact) mass is 203 g/mol. The van der Waals surface area contributed by atoms with Crippen LogP contribution in [0.1, 0.15) is 32.1 Å². The molecule has 0 aromatic rings. The molecule has 0 N–H and O–H groups in total. The first-order valence-corrected chi connectivity index (χ1v) is 5.19. The quantitative estimate of drug-likeness (QED) is 0.468. The molecule has 0 spiro atoms. The molecule has 1 aliphatic heterocycles. The van der Waals surface area contributed by atoms with Gasteiger partial charge in [0.15, 0.2) is 0 Å². The minimum absolute atomic E-state index is 0.703. The molecule has 0 radical (unpaired) electrons. The zero-order chi connectivity index (χ0) is 6.97. The number of likely N-dealkylation sites (tertiary alicyclic amines) is 1. The van der Waals surface area contributed by atoms with E-state index in [0.29, 0.717) is 4.95 Å². The number of nitrogens with zero attached hydrogens (tertiary/aromatic N) is 1. The van der Waals surface area contributed by atoms with Crippen LogP contribution in [0.5, 0.6) is 0 Å². The molecule has 2 aliphatic rings. The first-order valence-electron chi connectivity index (χ1n) is 4.28. The first-order chi connectivity index (χ1) is 4.88. The molecule has 0 aromatic carbocycles. The molecular formula is C8H14BrN. The van der Waals surface area contributed by atoms with Crippen molar-refractivity contribution in [3.8, 4) is 0 Å². The zero-order valence-corrected chi connectivity index (χ0v) is 7.81. The summed E-state index contributed by atoms with van der Waals surface area (Å²) in [4.78, 5) is 3.33. The SMILES string of the molecule is BrC1CCCCN1C1CC1. The van der Waals surface area contributed by atoms with Crippen LogP contribution < -0.4 is 0 Å². The van der Waals surface area contributed by atoms with E-state index in [-0.39, 0.29) is 0 Å². The van der Waals surface area contributed by atoms with Gasteiger partial charge in [-0.3, -0.25) is 4.90 Å². The van der Waals surface area contributed by atoms with Gasteiger partial charge in [0.2, 0.25) is 0 Å². The van der Waals surface area contributed by atoms with Gasteiger partial charge >= 0.3 is 0 Å². The first kappa shape index (κ1) is 7.11. The highest BCUT2D eigenvalue weighted by Crippen LogP contribution is 2.34. The molecule has 0 aromatic heterocycles. The van der Waals surface area contributed by atoms with E-state index in [9.17, 15) is 0 Å². The summed E-state index contributed by atoms with van der Waals surface area (Å²) in [5.41, 5.74) is 0. The van der Waals surface area contributed by atoms with Crippen LogP contribution in [-0.2, 0) is 0 Å². The highest BCUT2D eigenvalue weighted by Gasteiger charge is 2.33. The minimum Gasteiger partial charge on any atom is -0.288 e. The second kappa shape index (κ2) is 2.82. The zero-order valence-electron chi connectivity index (χ0n) is 6.22. The van der Waals surface area contributed by atoms with Crippen LogP contribution in [0.2, 0.25) is 0 Å². The molecule has 1 nitrogen and oxygen atoms in total. The Bertz CT molecular complexity index is 122. The fraction of sp³-hybridized carbons (Fsp3) is 1.00. The smallest absolute Gasteiger partial charge is 0.0658 e. The molecule has 0 bridgehead atoms. The van der Waals surface area contributed by atoms with Crippen molar-refractivity contribution in [1.29, 1.82) is 0 Å². The Morgan fingerprint density at radius 2 is 1.90 bits per heavy atom. The number of rotatable bonds is 1. The van der Waals surface area contributed by atoms with Crippen molar-refractivity contribution < 1.29 is 0 Å². The van der Waals surface area contributed by atoms with Gasteiger partial charge in [-0.05, 0) is 38.6 Å². The third kappa shape index (κ3) is 1.37. The maximum Gasteiger partial charge on any atom is 0.0658 e. The average Bonchev–Trinajstić information content (AvgIpc) is 2.71. The van der Waals surface area contributed by atoms with E-state index >= 15 is 0 Å². The predicted molar refractivity (Wildman–Crippen MR) is 46.3 cm³/mol. The summed E-state index contributed by atoms with van der Waals surface area (Å²) in [5.74, 6) is 0. The molecule has 2 rings (SSSR count). The van der Waals surface area contributed by atoms with Crippen LogP contribution in [0.4, 0.5) is 0 Å². The largest absolute Gasteiger partial charge is 0.288 e. The van der Waals surface area contributed by atoms with Crippen LogP contribution in [0, 0.1) is 0 Å². The Kier molecular flexibility index (Phi) is 2.01. The second-order valence-electron chi connectivity index (χ2n) is 3.40.